The summed E-state index contributed by atoms with van der Waals surface area (Å²) in [5, 5.41) is 2.99. The van der Waals surface area contributed by atoms with Gasteiger partial charge in [0.2, 0.25) is 0 Å². The summed E-state index contributed by atoms with van der Waals surface area (Å²) in [6, 6.07) is 10.1. The molecule has 0 radical (unpaired) electrons. The molecule has 1 aromatic heterocycles. The highest BCUT2D eigenvalue weighted by Gasteiger charge is 2.30. The van der Waals surface area contributed by atoms with E-state index in [9.17, 15) is 9.18 Å². The van der Waals surface area contributed by atoms with Crippen molar-refractivity contribution in [3.05, 3.63) is 65.2 Å². The fourth-order valence-electron chi connectivity index (χ4n) is 3.09. The molecule has 0 aliphatic carbocycles. The first-order chi connectivity index (χ1) is 12.2. The van der Waals surface area contributed by atoms with E-state index in [0.717, 1.165) is 23.3 Å². The highest BCUT2D eigenvalue weighted by molar-refractivity contribution is 7.97. The molecule has 0 bridgehead atoms. The van der Waals surface area contributed by atoms with Crippen LogP contribution in [0.15, 0.2) is 42.6 Å². The van der Waals surface area contributed by atoms with E-state index >= 15 is 0 Å². The van der Waals surface area contributed by atoms with E-state index in [1.165, 1.54) is 12.1 Å². The number of hydrogen-bond donors (Lipinski definition) is 1. The van der Waals surface area contributed by atoms with Crippen LogP contribution < -0.4 is 5.32 Å². The van der Waals surface area contributed by atoms with Crippen molar-refractivity contribution in [3.8, 4) is 0 Å². The number of nitrogens with zero attached hydrogens (tertiary/aromatic N) is 1. The van der Waals surface area contributed by atoms with Crippen LogP contribution in [0.4, 0.5) is 4.39 Å². The molecule has 2 atom stereocenters. The van der Waals surface area contributed by atoms with Crippen molar-refractivity contribution in [2.24, 2.45) is 5.92 Å². The average Bonchev–Trinajstić information content (AvgIpc) is 3.09. The van der Waals surface area contributed by atoms with Gasteiger partial charge in [-0.3, -0.25) is 9.78 Å². The van der Waals surface area contributed by atoms with Crippen molar-refractivity contribution >= 4 is 17.7 Å². The van der Waals surface area contributed by atoms with Gasteiger partial charge in [0.05, 0.1) is 6.10 Å². The first-order valence-electron chi connectivity index (χ1n) is 8.27. The monoisotopic (exact) mass is 360 g/mol. The van der Waals surface area contributed by atoms with E-state index in [1.54, 1.807) is 30.1 Å². The second kappa shape index (κ2) is 8.45. The summed E-state index contributed by atoms with van der Waals surface area (Å²) in [6.45, 7) is 1.15. The molecule has 1 aliphatic rings. The van der Waals surface area contributed by atoms with Crippen LogP contribution in [0.3, 0.4) is 0 Å². The maximum absolute atomic E-state index is 13.1. The third kappa shape index (κ3) is 4.38. The van der Waals surface area contributed by atoms with Gasteiger partial charge in [0.15, 0.2) is 0 Å². The van der Waals surface area contributed by atoms with Crippen molar-refractivity contribution in [1.29, 1.82) is 0 Å². The van der Waals surface area contributed by atoms with Crippen molar-refractivity contribution in [2.45, 2.75) is 18.3 Å². The highest BCUT2D eigenvalue weighted by atomic mass is 32.2. The third-order valence-electron chi connectivity index (χ3n) is 4.34. The first kappa shape index (κ1) is 17.9. The predicted octanol–water partition coefficient (Wildman–Crippen LogP) is 3.59. The Morgan fingerprint density at radius 1 is 1.36 bits per heavy atom. The number of rotatable bonds is 6. The fourth-order valence-corrected chi connectivity index (χ4v) is 3.63. The molecule has 6 heteroatoms. The zero-order chi connectivity index (χ0) is 17.6. The lowest BCUT2D eigenvalue weighted by molar-refractivity contribution is 0.0843. The molecule has 2 aromatic rings. The average molecular weight is 360 g/mol. The van der Waals surface area contributed by atoms with Gasteiger partial charge >= 0.3 is 0 Å². The Hall–Kier alpha value is -1.92. The van der Waals surface area contributed by atoms with Crippen LogP contribution in [0.5, 0.6) is 0 Å². The summed E-state index contributed by atoms with van der Waals surface area (Å²) >= 11 is 1.66. The molecule has 132 valence electrons. The zero-order valence-corrected chi connectivity index (χ0v) is 14.9. The second-order valence-corrected chi connectivity index (χ2v) is 6.91. The Morgan fingerprint density at radius 3 is 2.92 bits per heavy atom. The summed E-state index contributed by atoms with van der Waals surface area (Å²) in [7, 11) is 0. The normalized spacial score (nSPS) is 19.8. The fraction of sp³-hybridized carbons (Fsp3) is 0.368. The Labute approximate surface area is 151 Å². The summed E-state index contributed by atoms with van der Waals surface area (Å²) in [5.74, 6) is 0.501. The van der Waals surface area contributed by atoms with E-state index in [2.05, 4.69) is 10.3 Å². The van der Waals surface area contributed by atoms with E-state index < -0.39 is 0 Å². The largest absolute Gasteiger partial charge is 0.373 e. The predicted molar refractivity (Wildman–Crippen MR) is 97.0 cm³/mol. The lowest BCUT2D eigenvalue weighted by atomic mass is 9.95. The number of benzene rings is 1. The molecule has 1 amide bonds. The molecule has 1 saturated heterocycles. The van der Waals surface area contributed by atoms with E-state index in [-0.39, 0.29) is 23.7 Å². The Bertz CT molecular complexity index is 724. The maximum Gasteiger partial charge on any atom is 0.270 e. The minimum absolute atomic E-state index is 0.115. The van der Waals surface area contributed by atoms with Crippen LogP contribution in [-0.4, -0.2) is 30.3 Å². The number of nitrogens with one attached hydrogen (secondary N) is 1. The topological polar surface area (TPSA) is 51.2 Å². The van der Waals surface area contributed by atoms with Crippen molar-refractivity contribution in [1.82, 2.24) is 10.3 Å². The summed E-state index contributed by atoms with van der Waals surface area (Å²) in [6.07, 6.45) is 4.38. The molecule has 4 nitrogen and oxygen atoms in total. The van der Waals surface area contributed by atoms with Gasteiger partial charge in [-0.15, -0.1) is 0 Å². The van der Waals surface area contributed by atoms with Gasteiger partial charge in [0.1, 0.15) is 11.5 Å². The molecule has 0 unspecified atom stereocenters. The van der Waals surface area contributed by atoms with Crippen LogP contribution in [0, 0.1) is 11.7 Å². The smallest absolute Gasteiger partial charge is 0.270 e. The number of halogens is 1. The van der Waals surface area contributed by atoms with E-state index in [4.69, 9.17) is 4.74 Å². The van der Waals surface area contributed by atoms with Crippen LogP contribution in [0.1, 0.15) is 34.1 Å². The van der Waals surface area contributed by atoms with Gasteiger partial charge in [-0.2, -0.15) is 11.8 Å². The summed E-state index contributed by atoms with van der Waals surface area (Å²) in [4.78, 5) is 16.7. The number of carbonyl (C=O) groups excluding carboxylic acids is 1. The van der Waals surface area contributed by atoms with Gasteiger partial charge in [0, 0.05) is 31.0 Å². The number of ether oxygens (including phenoxy) is 1. The lowest BCUT2D eigenvalue weighted by Gasteiger charge is -2.19. The Morgan fingerprint density at radius 2 is 2.16 bits per heavy atom. The van der Waals surface area contributed by atoms with Crippen LogP contribution in [-0.2, 0) is 10.5 Å². The molecule has 1 fully saturated rings. The summed E-state index contributed by atoms with van der Waals surface area (Å²) < 4.78 is 18.9. The van der Waals surface area contributed by atoms with Gasteiger partial charge in [0.25, 0.3) is 5.91 Å². The number of hydrogen-bond acceptors (Lipinski definition) is 4. The van der Waals surface area contributed by atoms with Crippen molar-refractivity contribution in [2.75, 3.05) is 19.4 Å². The molecular formula is C19H21FN2O2S. The molecule has 1 N–H and O–H groups in total. The van der Waals surface area contributed by atoms with Crippen LogP contribution >= 0.6 is 11.8 Å². The molecular weight excluding hydrogens is 339 g/mol. The van der Waals surface area contributed by atoms with Gasteiger partial charge in [-0.25, -0.2) is 4.39 Å². The SMILES string of the molecule is CSCc1cccnc1C(=O)NC[C@@H]1CCO[C@H]1c1ccc(F)cc1. The molecule has 3 rings (SSSR count). The number of pyridine rings is 1. The lowest BCUT2D eigenvalue weighted by Crippen LogP contribution is -2.31. The number of carbonyl (C=O) groups is 1. The Kier molecular flexibility index (Phi) is 6.04. The zero-order valence-electron chi connectivity index (χ0n) is 14.1. The number of amides is 1. The second-order valence-electron chi connectivity index (χ2n) is 6.05. The van der Waals surface area contributed by atoms with Gasteiger partial charge in [-0.05, 0) is 42.0 Å². The third-order valence-corrected chi connectivity index (χ3v) is 4.94. The molecule has 1 aliphatic heterocycles. The highest BCUT2D eigenvalue weighted by Crippen LogP contribution is 2.34. The van der Waals surface area contributed by atoms with E-state index in [1.807, 2.05) is 18.4 Å². The molecule has 0 spiro atoms. The Balaban J connectivity index is 1.64. The minimum atomic E-state index is -0.261. The van der Waals surface area contributed by atoms with Crippen LogP contribution in [0.2, 0.25) is 0 Å². The van der Waals surface area contributed by atoms with Gasteiger partial charge < -0.3 is 10.1 Å². The van der Waals surface area contributed by atoms with Crippen molar-refractivity contribution < 1.29 is 13.9 Å². The van der Waals surface area contributed by atoms with Crippen LogP contribution in [0.25, 0.3) is 0 Å². The van der Waals surface area contributed by atoms with E-state index in [0.29, 0.717) is 18.8 Å². The first-order valence-corrected chi connectivity index (χ1v) is 9.66. The number of aromatic nitrogens is 1. The maximum atomic E-state index is 13.1. The molecule has 0 saturated carbocycles. The summed E-state index contributed by atoms with van der Waals surface area (Å²) in [5.41, 5.74) is 2.36. The molecule has 25 heavy (non-hydrogen) atoms. The number of thioether (sulfide) groups is 1. The molecule has 1 aromatic carbocycles. The van der Waals surface area contributed by atoms with Crippen molar-refractivity contribution in [3.63, 3.8) is 0 Å². The minimum Gasteiger partial charge on any atom is -0.373 e. The molecule has 2 heterocycles. The quantitative estimate of drug-likeness (QED) is 0.855. The standard InChI is InChI=1S/C19H21FN2O2S/c1-25-12-15-3-2-9-21-17(15)19(23)22-11-14-8-10-24-18(14)13-4-6-16(20)7-5-13/h2-7,9,14,18H,8,10-12H2,1H3,(H,22,23)/t14-,18-/m0/s1. The van der Waals surface area contributed by atoms with Gasteiger partial charge in [-0.1, -0.05) is 18.2 Å².